The third kappa shape index (κ3) is 6.39. The average molecular weight is 175 g/mol. The zero-order valence-electron chi connectivity index (χ0n) is 8.34. The highest BCUT2D eigenvalue weighted by atomic mass is 13.9. The first kappa shape index (κ1) is 10.3. The second-order valence-electron chi connectivity index (χ2n) is 3.41. The van der Waals surface area contributed by atoms with Gasteiger partial charge in [0.15, 0.2) is 0 Å². The molecule has 0 heterocycles. The van der Waals surface area contributed by atoms with Crippen LogP contribution in [0.1, 0.15) is 44.9 Å². The SMILES string of the molecule is [C]1=C/C/C=C/CCC/C=C\CCC/1. The van der Waals surface area contributed by atoms with Crippen LogP contribution in [0.15, 0.2) is 30.4 Å². The normalized spacial score (nSPS) is 27.7. The minimum atomic E-state index is 1.06. The lowest BCUT2D eigenvalue weighted by atomic mass is 10.2. The van der Waals surface area contributed by atoms with Gasteiger partial charge in [-0.3, -0.25) is 0 Å². The van der Waals surface area contributed by atoms with Gasteiger partial charge < -0.3 is 0 Å². The number of allylic oxidation sites excluding steroid dienone is 6. The van der Waals surface area contributed by atoms with Crippen LogP contribution in [0.2, 0.25) is 0 Å². The van der Waals surface area contributed by atoms with Gasteiger partial charge in [-0.1, -0.05) is 30.4 Å². The van der Waals surface area contributed by atoms with Crippen LogP contribution in [0.3, 0.4) is 0 Å². The van der Waals surface area contributed by atoms with E-state index in [1.807, 2.05) is 0 Å². The molecule has 0 bridgehead atoms. The van der Waals surface area contributed by atoms with Crippen molar-refractivity contribution >= 4 is 0 Å². The summed E-state index contributed by atoms with van der Waals surface area (Å²) in [6, 6.07) is 0. The van der Waals surface area contributed by atoms with Crippen LogP contribution >= 0.6 is 0 Å². The molecule has 1 aliphatic rings. The molecule has 0 saturated carbocycles. The Morgan fingerprint density at radius 1 is 0.769 bits per heavy atom. The fraction of sp³-hybridized carbons (Fsp3) is 0.538. The molecule has 1 rings (SSSR count). The monoisotopic (exact) mass is 175 g/mol. The van der Waals surface area contributed by atoms with Gasteiger partial charge in [-0.05, 0) is 51.0 Å². The van der Waals surface area contributed by atoms with Gasteiger partial charge in [-0.2, -0.15) is 0 Å². The summed E-state index contributed by atoms with van der Waals surface area (Å²) in [5.74, 6) is 0. The smallest absolute Gasteiger partial charge is 0.0163 e. The fourth-order valence-electron chi connectivity index (χ4n) is 1.38. The van der Waals surface area contributed by atoms with Crippen molar-refractivity contribution in [1.82, 2.24) is 0 Å². The molecular formula is C13H19. The van der Waals surface area contributed by atoms with Crippen LogP contribution in [0.25, 0.3) is 0 Å². The Balaban J connectivity index is 2.27. The van der Waals surface area contributed by atoms with Gasteiger partial charge >= 0.3 is 0 Å². The van der Waals surface area contributed by atoms with Crippen molar-refractivity contribution in [3.63, 3.8) is 0 Å². The molecule has 13 heavy (non-hydrogen) atoms. The lowest BCUT2D eigenvalue weighted by Gasteiger charge is -1.90. The molecule has 71 valence electrons. The van der Waals surface area contributed by atoms with Gasteiger partial charge in [0.2, 0.25) is 0 Å². The Labute approximate surface area is 82.0 Å². The van der Waals surface area contributed by atoms with Crippen LogP contribution in [0.5, 0.6) is 0 Å². The van der Waals surface area contributed by atoms with Gasteiger partial charge in [0, 0.05) is 0 Å². The topological polar surface area (TPSA) is 0 Å². The summed E-state index contributed by atoms with van der Waals surface area (Å²) >= 11 is 0. The van der Waals surface area contributed by atoms with Crippen molar-refractivity contribution in [3.05, 3.63) is 36.5 Å². The van der Waals surface area contributed by atoms with E-state index in [4.69, 9.17) is 0 Å². The van der Waals surface area contributed by atoms with E-state index in [0.29, 0.717) is 0 Å². The molecule has 0 amide bonds. The number of hydrogen-bond acceptors (Lipinski definition) is 0. The Hall–Kier alpha value is -0.780. The molecule has 0 aromatic heterocycles. The Bertz CT molecular complexity index is 164. The van der Waals surface area contributed by atoms with Crippen molar-refractivity contribution in [3.8, 4) is 0 Å². The molecule has 0 aromatic rings. The second kappa shape index (κ2) is 7.85. The van der Waals surface area contributed by atoms with Gasteiger partial charge in [-0.25, -0.2) is 0 Å². The molecule has 1 radical (unpaired) electrons. The van der Waals surface area contributed by atoms with E-state index < -0.39 is 0 Å². The molecule has 0 unspecified atom stereocenters. The van der Waals surface area contributed by atoms with Crippen LogP contribution in [0.4, 0.5) is 0 Å². The average Bonchev–Trinajstić information content (AvgIpc) is 2.18. The van der Waals surface area contributed by atoms with E-state index in [1.165, 1.54) is 32.1 Å². The van der Waals surface area contributed by atoms with Crippen LogP contribution in [-0.4, -0.2) is 0 Å². The molecule has 0 nitrogen and oxygen atoms in total. The quantitative estimate of drug-likeness (QED) is 0.484. The maximum atomic E-state index is 3.31. The van der Waals surface area contributed by atoms with E-state index in [0.717, 1.165) is 12.8 Å². The first-order chi connectivity index (χ1) is 6.50. The molecule has 0 fully saturated rings. The summed E-state index contributed by atoms with van der Waals surface area (Å²) in [7, 11) is 0. The number of rotatable bonds is 0. The van der Waals surface area contributed by atoms with Crippen LogP contribution in [-0.2, 0) is 0 Å². The summed E-state index contributed by atoms with van der Waals surface area (Å²) in [6.07, 6.45) is 23.0. The first-order valence-electron chi connectivity index (χ1n) is 5.35. The van der Waals surface area contributed by atoms with Crippen LogP contribution < -0.4 is 0 Å². The zero-order chi connectivity index (χ0) is 9.19. The van der Waals surface area contributed by atoms with Gasteiger partial charge in [-0.15, -0.1) is 0 Å². The molecule has 0 aliphatic heterocycles. The molecule has 0 N–H and O–H groups in total. The zero-order valence-corrected chi connectivity index (χ0v) is 8.34. The molecular weight excluding hydrogens is 156 g/mol. The second-order valence-corrected chi connectivity index (χ2v) is 3.41. The Morgan fingerprint density at radius 2 is 1.46 bits per heavy atom. The van der Waals surface area contributed by atoms with E-state index >= 15 is 0 Å². The lowest BCUT2D eigenvalue weighted by Crippen LogP contribution is -1.70. The van der Waals surface area contributed by atoms with Crippen molar-refractivity contribution < 1.29 is 0 Å². The Morgan fingerprint density at radius 3 is 2.31 bits per heavy atom. The van der Waals surface area contributed by atoms with Crippen molar-refractivity contribution in [2.24, 2.45) is 0 Å². The van der Waals surface area contributed by atoms with Gasteiger partial charge in [0.05, 0.1) is 0 Å². The minimum absolute atomic E-state index is 1.06. The summed E-state index contributed by atoms with van der Waals surface area (Å²) < 4.78 is 0. The summed E-state index contributed by atoms with van der Waals surface area (Å²) in [4.78, 5) is 0. The van der Waals surface area contributed by atoms with Crippen molar-refractivity contribution in [2.75, 3.05) is 0 Å². The Kier molecular flexibility index (Phi) is 6.22. The highest BCUT2D eigenvalue weighted by Gasteiger charge is 1.84. The van der Waals surface area contributed by atoms with E-state index in [-0.39, 0.29) is 0 Å². The third-order valence-electron chi connectivity index (χ3n) is 2.17. The predicted octanol–water partition coefficient (Wildman–Crippen LogP) is 4.20. The third-order valence-corrected chi connectivity index (χ3v) is 2.17. The summed E-state index contributed by atoms with van der Waals surface area (Å²) in [5, 5.41) is 0. The van der Waals surface area contributed by atoms with E-state index in [9.17, 15) is 0 Å². The fourth-order valence-corrected chi connectivity index (χ4v) is 1.38. The minimum Gasteiger partial charge on any atom is -0.0885 e. The lowest BCUT2D eigenvalue weighted by molar-refractivity contribution is 0.835. The van der Waals surface area contributed by atoms with Gasteiger partial charge in [0.25, 0.3) is 0 Å². The van der Waals surface area contributed by atoms with E-state index in [2.05, 4.69) is 36.5 Å². The predicted molar refractivity (Wildman–Crippen MR) is 58.4 cm³/mol. The maximum Gasteiger partial charge on any atom is -0.0163 e. The summed E-state index contributed by atoms with van der Waals surface area (Å²) in [6.45, 7) is 0. The standard InChI is InChI=1S/C13H19/c1-2-4-6-8-10-12-13-11-9-7-5-3-1/h1-2,5,10,12H,3-4,6,8-9,11,13H2/b2-1+,7-5?,12-10-. The molecule has 0 atom stereocenters. The highest BCUT2D eigenvalue weighted by Crippen LogP contribution is 2.04. The van der Waals surface area contributed by atoms with Crippen LogP contribution in [0, 0.1) is 6.08 Å². The highest BCUT2D eigenvalue weighted by molar-refractivity contribution is 4.91. The molecule has 1 aliphatic carbocycles. The maximum absolute atomic E-state index is 3.31. The summed E-state index contributed by atoms with van der Waals surface area (Å²) in [5.41, 5.74) is 0. The largest absolute Gasteiger partial charge is 0.0885 e. The number of hydrogen-bond donors (Lipinski definition) is 0. The van der Waals surface area contributed by atoms with Crippen molar-refractivity contribution in [1.29, 1.82) is 0 Å². The molecule has 0 spiro atoms. The van der Waals surface area contributed by atoms with E-state index in [1.54, 1.807) is 0 Å². The first-order valence-corrected chi connectivity index (χ1v) is 5.35. The molecule has 0 aromatic carbocycles. The van der Waals surface area contributed by atoms with Gasteiger partial charge in [0.1, 0.15) is 0 Å². The molecule has 0 heteroatoms. The van der Waals surface area contributed by atoms with Crippen molar-refractivity contribution in [2.45, 2.75) is 44.9 Å². The molecule has 0 saturated heterocycles.